The number of aryl methyl sites for hydroxylation is 1. The van der Waals surface area contributed by atoms with Crippen molar-refractivity contribution in [1.29, 1.82) is 0 Å². The Labute approximate surface area is 109 Å². The summed E-state index contributed by atoms with van der Waals surface area (Å²) in [5, 5.41) is 8.63. The topological polar surface area (TPSA) is 37.3 Å². The first kappa shape index (κ1) is 13.2. The number of carboxylic acid groups (broad SMARTS) is 1. The zero-order valence-electron chi connectivity index (χ0n) is 10.1. The van der Waals surface area contributed by atoms with Crippen LogP contribution in [0.25, 0.3) is 11.1 Å². The summed E-state index contributed by atoms with van der Waals surface area (Å²) in [7, 11) is 0. The molecule has 0 saturated heterocycles. The standard InChI is InChI=1S/C15H12F2O2/c16-12-5-3-11(4-6-12)13-9-10(1-7-14(13)17)2-8-15(18)19/h1,3-7,9H,2,8H2,(H,18,19). The van der Waals surface area contributed by atoms with E-state index in [1.807, 2.05) is 0 Å². The molecule has 0 heterocycles. The summed E-state index contributed by atoms with van der Waals surface area (Å²) in [6.07, 6.45) is 0.332. The molecule has 0 aliphatic carbocycles. The van der Waals surface area contributed by atoms with Crippen LogP contribution in [0.2, 0.25) is 0 Å². The number of carboxylic acids is 1. The third-order valence-corrected chi connectivity index (χ3v) is 2.81. The maximum atomic E-state index is 13.7. The van der Waals surface area contributed by atoms with Gasteiger partial charge < -0.3 is 5.11 Å². The third kappa shape index (κ3) is 3.37. The first-order valence-electron chi connectivity index (χ1n) is 5.82. The summed E-state index contributed by atoms with van der Waals surface area (Å²) in [5.74, 6) is -1.69. The van der Waals surface area contributed by atoms with Crippen LogP contribution in [-0.2, 0) is 11.2 Å². The molecule has 0 unspecified atom stereocenters. The van der Waals surface area contributed by atoms with Gasteiger partial charge in [0.05, 0.1) is 0 Å². The molecule has 0 fully saturated rings. The van der Waals surface area contributed by atoms with Crippen molar-refractivity contribution in [3.8, 4) is 11.1 Å². The maximum absolute atomic E-state index is 13.7. The number of carbonyl (C=O) groups is 1. The number of rotatable bonds is 4. The maximum Gasteiger partial charge on any atom is 0.303 e. The lowest BCUT2D eigenvalue weighted by atomic mass is 10.0. The number of halogens is 2. The van der Waals surface area contributed by atoms with Crippen molar-refractivity contribution in [2.75, 3.05) is 0 Å². The fourth-order valence-corrected chi connectivity index (χ4v) is 1.83. The Bertz CT molecular complexity index is 592. The molecular weight excluding hydrogens is 250 g/mol. The van der Waals surface area contributed by atoms with Crippen LogP contribution < -0.4 is 0 Å². The van der Waals surface area contributed by atoms with E-state index in [1.54, 1.807) is 12.1 Å². The van der Waals surface area contributed by atoms with E-state index in [2.05, 4.69) is 0 Å². The van der Waals surface area contributed by atoms with Crippen LogP contribution >= 0.6 is 0 Å². The normalized spacial score (nSPS) is 10.4. The SMILES string of the molecule is O=C(O)CCc1ccc(F)c(-c2ccc(F)cc2)c1. The van der Waals surface area contributed by atoms with Gasteiger partial charge in [0.15, 0.2) is 0 Å². The minimum absolute atomic E-state index is 0.00547. The Hall–Kier alpha value is -2.23. The van der Waals surface area contributed by atoms with Gasteiger partial charge in [0, 0.05) is 12.0 Å². The highest BCUT2D eigenvalue weighted by atomic mass is 19.1. The summed E-state index contributed by atoms with van der Waals surface area (Å²) in [4.78, 5) is 10.5. The molecule has 0 amide bonds. The predicted molar refractivity (Wildman–Crippen MR) is 67.8 cm³/mol. The van der Waals surface area contributed by atoms with E-state index >= 15 is 0 Å². The number of hydrogen-bond acceptors (Lipinski definition) is 1. The van der Waals surface area contributed by atoms with Crippen LogP contribution in [0.3, 0.4) is 0 Å². The largest absolute Gasteiger partial charge is 0.481 e. The van der Waals surface area contributed by atoms with Gasteiger partial charge in [-0.3, -0.25) is 4.79 Å². The minimum Gasteiger partial charge on any atom is -0.481 e. The van der Waals surface area contributed by atoms with E-state index in [0.717, 1.165) is 5.56 Å². The van der Waals surface area contributed by atoms with E-state index in [9.17, 15) is 13.6 Å². The molecule has 1 N–H and O–H groups in total. The fourth-order valence-electron chi connectivity index (χ4n) is 1.83. The molecule has 98 valence electrons. The first-order chi connectivity index (χ1) is 9.06. The molecule has 4 heteroatoms. The van der Waals surface area contributed by atoms with Crippen molar-refractivity contribution in [1.82, 2.24) is 0 Å². The lowest BCUT2D eigenvalue weighted by Crippen LogP contribution is -1.98. The van der Waals surface area contributed by atoms with Gasteiger partial charge in [-0.2, -0.15) is 0 Å². The Balaban J connectivity index is 2.31. The second kappa shape index (κ2) is 5.61. The van der Waals surface area contributed by atoms with Crippen molar-refractivity contribution in [2.45, 2.75) is 12.8 Å². The molecule has 2 aromatic rings. The highest BCUT2D eigenvalue weighted by molar-refractivity contribution is 5.68. The van der Waals surface area contributed by atoms with Crippen molar-refractivity contribution in [3.63, 3.8) is 0 Å². The molecule has 0 saturated carbocycles. The van der Waals surface area contributed by atoms with Crippen molar-refractivity contribution in [2.24, 2.45) is 0 Å². The molecule has 0 atom stereocenters. The van der Waals surface area contributed by atoms with Gasteiger partial charge in [0.1, 0.15) is 11.6 Å². The van der Waals surface area contributed by atoms with E-state index in [1.165, 1.54) is 30.3 Å². The lowest BCUT2D eigenvalue weighted by Gasteiger charge is -2.06. The van der Waals surface area contributed by atoms with E-state index < -0.39 is 11.8 Å². The molecule has 0 bridgehead atoms. The van der Waals surface area contributed by atoms with Crippen LogP contribution in [0.4, 0.5) is 8.78 Å². The van der Waals surface area contributed by atoms with Crippen LogP contribution in [0.15, 0.2) is 42.5 Å². The lowest BCUT2D eigenvalue weighted by molar-refractivity contribution is -0.136. The average Bonchev–Trinajstić information content (AvgIpc) is 2.39. The van der Waals surface area contributed by atoms with E-state index in [-0.39, 0.29) is 12.2 Å². The highest BCUT2D eigenvalue weighted by Gasteiger charge is 2.07. The third-order valence-electron chi connectivity index (χ3n) is 2.81. The second-order valence-corrected chi connectivity index (χ2v) is 4.21. The summed E-state index contributed by atoms with van der Waals surface area (Å²) in [6, 6.07) is 9.98. The molecule has 2 nitrogen and oxygen atoms in total. The summed E-state index contributed by atoms with van der Waals surface area (Å²) >= 11 is 0. The van der Waals surface area contributed by atoms with Gasteiger partial charge in [-0.25, -0.2) is 8.78 Å². The predicted octanol–water partition coefficient (Wildman–Crippen LogP) is 3.65. The van der Waals surface area contributed by atoms with E-state index in [4.69, 9.17) is 5.11 Å². The molecule has 0 aliphatic rings. The van der Waals surface area contributed by atoms with Gasteiger partial charge in [0.25, 0.3) is 0 Å². The molecule has 2 rings (SSSR count). The fraction of sp³-hybridized carbons (Fsp3) is 0.133. The van der Waals surface area contributed by atoms with Gasteiger partial charge >= 0.3 is 5.97 Å². The average molecular weight is 262 g/mol. The smallest absolute Gasteiger partial charge is 0.303 e. The van der Waals surface area contributed by atoms with Crippen molar-refractivity contribution < 1.29 is 18.7 Å². The van der Waals surface area contributed by atoms with Crippen molar-refractivity contribution >= 4 is 5.97 Å². The zero-order valence-corrected chi connectivity index (χ0v) is 10.1. The van der Waals surface area contributed by atoms with Crippen LogP contribution in [0.1, 0.15) is 12.0 Å². The molecule has 19 heavy (non-hydrogen) atoms. The zero-order chi connectivity index (χ0) is 13.8. The van der Waals surface area contributed by atoms with Gasteiger partial charge in [-0.05, 0) is 41.8 Å². The second-order valence-electron chi connectivity index (χ2n) is 4.21. The quantitative estimate of drug-likeness (QED) is 0.913. The monoisotopic (exact) mass is 262 g/mol. The van der Waals surface area contributed by atoms with Gasteiger partial charge in [-0.15, -0.1) is 0 Å². The Morgan fingerprint density at radius 2 is 1.74 bits per heavy atom. The molecule has 2 aromatic carbocycles. The molecule has 0 aliphatic heterocycles. The summed E-state index contributed by atoms with van der Waals surface area (Å²) in [6.45, 7) is 0. The van der Waals surface area contributed by atoms with Crippen LogP contribution in [-0.4, -0.2) is 11.1 Å². The van der Waals surface area contributed by atoms with Crippen LogP contribution in [0.5, 0.6) is 0 Å². The Morgan fingerprint density at radius 1 is 1.05 bits per heavy atom. The number of hydrogen-bond donors (Lipinski definition) is 1. The molecule has 0 aromatic heterocycles. The Morgan fingerprint density at radius 3 is 2.37 bits per heavy atom. The molecule has 0 radical (unpaired) electrons. The number of benzene rings is 2. The van der Waals surface area contributed by atoms with Gasteiger partial charge in [0.2, 0.25) is 0 Å². The van der Waals surface area contributed by atoms with E-state index in [0.29, 0.717) is 17.5 Å². The van der Waals surface area contributed by atoms with Gasteiger partial charge in [-0.1, -0.05) is 18.2 Å². The first-order valence-corrected chi connectivity index (χ1v) is 5.82. The summed E-state index contributed by atoms with van der Waals surface area (Å²) < 4.78 is 26.6. The minimum atomic E-state index is -0.896. The molecule has 0 spiro atoms. The Kier molecular flexibility index (Phi) is 3.90. The highest BCUT2D eigenvalue weighted by Crippen LogP contribution is 2.24. The summed E-state index contributed by atoms with van der Waals surface area (Å²) in [5.41, 5.74) is 1.65. The van der Waals surface area contributed by atoms with Crippen LogP contribution in [0, 0.1) is 11.6 Å². The number of aliphatic carboxylic acids is 1. The van der Waals surface area contributed by atoms with Crippen molar-refractivity contribution in [3.05, 3.63) is 59.7 Å². The molecular formula is C15H12F2O2.